The van der Waals surface area contributed by atoms with E-state index >= 15 is 0 Å². The molecule has 0 spiro atoms. The smallest absolute Gasteiger partial charge is 0.243 e. The Morgan fingerprint density at radius 2 is 1.76 bits per heavy atom. The maximum Gasteiger partial charge on any atom is 0.243 e. The van der Waals surface area contributed by atoms with Gasteiger partial charge in [0.2, 0.25) is 17.8 Å². The van der Waals surface area contributed by atoms with Crippen molar-refractivity contribution in [2.75, 3.05) is 48.0 Å². The molecule has 4 N–H and O–H groups in total. The van der Waals surface area contributed by atoms with E-state index in [0.29, 0.717) is 23.8 Å². The molecule has 0 radical (unpaired) electrons. The first-order chi connectivity index (χ1) is 10.3. The van der Waals surface area contributed by atoms with Crippen LogP contribution in [-0.4, -0.2) is 52.8 Å². The average Bonchev–Trinajstić information content (AvgIpc) is 3.04. The Kier molecular flexibility index (Phi) is 4.35. The van der Waals surface area contributed by atoms with Gasteiger partial charge in [0.15, 0.2) is 0 Å². The van der Waals surface area contributed by atoms with Crippen LogP contribution >= 0.6 is 0 Å². The molecule has 0 aromatic carbocycles. The number of hydrogen-bond acceptors (Lipinski definition) is 8. The number of piperidine rings is 1. The SMILES string of the molecule is NNc1nc(N2CCCCC2)nc(N2CCC(CO)C2)n1. The second-order valence-electron chi connectivity index (χ2n) is 5.73. The highest BCUT2D eigenvalue weighted by Gasteiger charge is 2.25. The first kappa shape index (κ1) is 14.3. The van der Waals surface area contributed by atoms with Crippen LogP contribution in [0.5, 0.6) is 0 Å². The van der Waals surface area contributed by atoms with Gasteiger partial charge in [-0.3, -0.25) is 5.43 Å². The van der Waals surface area contributed by atoms with Gasteiger partial charge in [0.1, 0.15) is 0 Å². The summed E-state index contributed by atoms with van der Waals surface area (Å²) in [5.41, 5.74) is 2.53. The molecule has 2 aliphatic heterocycles. The van der Waals surface area contributed by atoms with Crippen LogP contribution in [0.1, 0.15) is 25.7 Å². The molecule has 0 saturated carbocycles. The Morgan fingerprint density at radius 1 is 1.05 bits per heavy atom. The maximum atomic E-state index is 9.27. The topological polar surface area (TPSA) is 103 Å². The highest BCUT2D eigenvalue weighted by atomic mass is 16.3. The van der Waals surface area contributed by atoms with Gasteiger partial charge in [-0.25, -0.2) is 5.84 Å². The Morgan fingerprint density at radius 3 is 2.38 bits per heavy atom. The van der Waals surface area contributed by atoms with Gasteiger partial charge in [-0.15, -0.1) is 0 Å². The van der Waals surface area contributed by atoms with E-state index in [4.69, 9.17) is 5.84 Å². The number of aromatic nitrogens is 3. The number of nitrogens with zero attached hydrogens (tertiary/aromatic N) is 5. The zero-order valence-corrected chi connectivity index (χ0v) is 12.2. The van der Waals surface area contributed by atoms with E-state index < -0.39 is 0 Å². The fraction of sp³-hybridized carbons (Fsp3) is 0.769. The number of rotatable bonds is 4. The van der Waals surface area contributed by atoms with Crippen LogP contribution in [0, 0.1) is 5.92 Å². The molecule has 21 heavy (non-hydrogen) atoms. The summed E-state index contributed by atoms with van der Waals surface area (Å²) in [5.74, 6) is 7.53. The lowest BCUT2D eigenvalue weighted by Gasteiger charge is -2.27. The summed E-state index contributed by atoms with van der Waals surface area (Å²) in [4.78, 5) is 17.6. The van der Waals surface area contributed by atoms with E-state index in [1.807, 2.05) is 0 Å². The molecule has 3 rings (SSSR count). The molecule has 2 saturated heterocycles. The molecule has 0 amide bonds. The number of nitrogens with two attached hydrogens (primary N) is 1. The third-order valence-electron chi connectivity index (χ3n) is 4.21. The van der Waals surface area contributed by atoms with Gasteiger partial charge in [0, 0.05) is 38.7 Å². The fourth-order valence-corrected chi connectivity index (χ4v) is 2.96. The first-order valence-electron chi connectivity index (χ1n) is 7.63. The molecular weight excluding hydrogens is 270 g/mol. The second kappa shape index (κ2) is 6.40. The van der Waals surface area contributed by atoms with E-state index in [0.717, 1.165) is 32.6 Å². The molecule has 8 nitrogen and oxygen atoms in total. The molecule has 0 aliphatic carbocycles. The van der Waals surface area contributed by atoms with E-state index in [2.05, 4.69) is 30.2 Å². The van der Waals surface area contributed by atoms with Gasteiger partial charge in [-0.2, -0.15) is 15.0 Å². The second-order valence-corrected chi connectivity index (χ2v) is 5.73. The summed E-state index contributed by atoms with van der Waals surface area (Å²) in [6.45, 7) is 3.81. The van der Waals surface area contributed by atoms with Gasteiger partial charge < -0.3 is 14.9 Å². The number of nitrogens with one attached hydrogen (secondary N) is 1. The molecule has 2 fully saturated rings. The number of aliphatic hydroxyl groups excluding tert-OH is 1. The quantitative estimate of drug-likeness (QED) is 0.525. The first-order valence-corrected chi connectivity index (χ1v) is 7.63. The maximum absolute atomic E-state index is 9.27. The third kappa shape index (κ3) is 3.16. The molecule has 2 aliphatic rings. The summed E-state index contributed by atoms with van der Waals surface area (Å²) >= 11 is 0. The molecule has 116 valence electrons. The largest absolute Gasteiger partial charge is 0.396 e. The summed E-state index contributed by atoms with van der Waals surface area (Å²) in [6.07, 6.45) is 4.57. The van der Waals surface area contributed by atoms with Crippen LogP contribution in [0.3, 0.4) is 0 Å². The molecule has 1 atom stereocenters. The van der Waals surface area contributed by atoms with Gasteiger partial charge >= 0.3 is 0 Å². The van der Waals surface area contributed by atoms with Crippen molar-refractivity contribution >= 4 is 17.8 Å². The Bertz CT molecular complexity index is 478. The average molecular weight is 293 g/mol. The van der Waals surface area contributed by atoms with E-state index in [9.17, 15) is 5.11 Å². The number of hydrogen-bond donors (Lipinski definition) is 3. The van der Waals surface area contributed by atoms with Gasteiger partial charge in [-0.1, -0.05) is 0 Å². The number of hydrazine groups is 1. The fourth-order valence-electron chi connectivity index (χ4n) is 2.96. The number of anilines is 3. The summed E-state index contributed by atoms with van der Waals surface area (Å²) in [6, 6.07) is 0. The van der Waals surface area contributed by atoms with Crippen molar-refractivity contribution in [2.24, 2.45) is 11.8 Å². The molecule has 1 aromatic rings. The molecule has 3 heterocycles. The third-order valence-corrected chi connectivity index (χ3v) is 4.21. The van der Waals surface area contributed by atoms with Gasteiger partial charge in [0.05, 0.1) is 0 Å². The zero-order valence-electron chi connectivity index (χ0n) is 12.2. The van der Waals surface area contributed by atoms with Crippen molar-refractivity contribution in [2.45, 2.75) is 25.7 Å². The van der Waals surface area contributed by atoms with E-state index in [1.165, 1.54) is 19.3 Å². The van der Waals surface area contributed by atoms with E-state index in [1.54, 1.807) is 0 Å². The Labute approximate surface area is 124 Å². The Balaban J connectivity index is 1.82. The van der Waals surface area contributed by atoms with Crippen molar-refractivity contribution in [1.82, 2.24) is 15.0 Å². The van der Waals surface area contributed by atoms with Crippen molar-refractivity contribution in [1.29, 1.82) is 0 Å². The van der Waals surface area contributed by atoms with Crippen LogP contribution in [0.4, 0.5) is 17.8 Å². The standard InChI is InChI=1S/C13H23N7O/c14-18-11-15-12(19-5-2-1-3-6-19)17-13(16-11)20-7-4-10(8-20)9-21/h10,21H,1-9,14H2,(H,15,16,17,18). The van der Waals surface area contributed by atoms with E-state index in [-0.39, 0.29) is 6.61 Å². The molecule has 1 unspecified atom stereocenters. The van der Waals surface area contributed by atoms with Crippen molar-refractivity contribution < 1.29 is 5.11 Å². The monoisotopic (exact) mass is 293 g/mol. The van der Waals surface area contributed by atoms with Gasteiger partial charge in [-0.05, 0) is 25.7 Å². The highest BCUT2D eigenvalue weighted by Crippen LogP contribution is 2.24. The lowest BCUT2D eigenvalue weighted by atomic mass is 10.1. The predicted octanol–water partition coefficient (Wildman–Crippen LogP) is -0.0339. The lowest BCUT2D eigenvalue weighted by molar-refractivity contribution is 0.238. The number of aliphatic hydroxyl groups is 1. The molecule has 8 heteroatoms. The van der Waals surface area contributed by atoms with Gasteiger partial charge in [0.25, 0.3) is 0 Å². The number of nitrogen functional groups attached to an aromatic ring is 1. The zero-order chi connectivity index (χ0) is 14.7. The molecule has 1 aromatic heterocycles. The molecule has 0 bridgehead atoms. The van der Waals surface area contributed by atoms with Crippen molar-refractivity contribution in [3.63, 3.8) is 0 Å². The molecular formula is C13H23N7O. The van der Waals surface area contributed by atoms with Crippen LogP contribution in [0.25, 0.3) is 0 Å². The minimum Gasteiger partial charge on any atom is -0.396 e. The van der Waals surface area contributed by atoms with Crippen LogP contribution in [-0.2, 0) is 0 Å². The predicted molar refractivity (Wildman–Crippen MR) is 81.1 cm³/mol. The lowest BCUT2D eigenvalue weighted by Crippen LogP contribution is -2.33. The van der Waals surface area contributed by atoms with Crippen molar-refractivity contribution in [3.05, 3.63) is 0 Å². The van der Waals surface area contributed by atoms with Crippen LogP contribution in [0.2, 0.25) is 0 Å². The Hall–Kier alpha value is -1.67. The minimum atomic E-state index is 0.211. The normalized spacial score (nSPS) is 22.7. The highest BCUT2D eigenvalue weighted by molar-refractivity contribution is 5.45. The van der Waals surface area contributed by atoms with Crippen LogP contribution < -0.4 is 21.1 Å². The van der Waals surface area contributed by atoms with Crippen molar-refractivity contribution in [3.8, 4) is 0 Å². The summed E-state index contributed by atoms with van der Waals surface area (Å²) in [7, 11) is 0. The summed E-state index contributed by atoms with van der Waals surface area (Å²) in [5, 5.41) is 9.27. The summed E-state index contributed by atoms with van der Waals surface area (Å²) < 4.78 is 0. The van der Waals surface area contributed by atoms with Crippen LogP contribution in [0.15, 0.2) is 0 Å². The minimum absolute atomic E-state index is 0.211.